The average Bonchev–Trinajstić information content (AvgIpc) is 3.41. The Hall–Kier alpha value is -3.24. The van der Waals surface area contributed by atoms with Gasteiger partial charge in [0.2, 0.25) is 5.91 Å². The Labute approximate surface area is 175 Å². The van der Waals surface area contributed by atoms with Crippen molar-refractivity contribution in [1.29, 1.82) is 0 Å². The molecule has 2 heterocycles. The Morgan fingerprint density at radius 1 is 1.14 bits per heavy atom. The molecule has 146 valence electrons. The molecule has 0 unspecified atom stereocenters. The van der Waals surface area contributed by atoms with E-state index in [0.717, 1.165) is 16.9 Å². The quantitative estimate of drug-likeness (QED) is 0.472. The van der Waals surface area contributed by atoms with Crippen LogP contribution in [-0.2, 0) is 4.79 Å². The van der Waals surface area contributed by atoms with Crippen LogP contribution in [0, 0.1) is 6.92 Å². The fourth-order valence-corrected chi connectivity index (χ4v) is 3.47. The first-order valence-electron chi connectivity index (χ1n) is 8.53. The number of thioether (sulfide) groups is 1. The summed E-state index contributed by atoms with van der Waals surface area (Å²) in [6, 6.07) is 12.9. The summed E-state index contributed by atoms with van der Waals surface area (Å²) in [6.45, 7) is 1.94. The molecule has 2 aromatic carbocycles. The van der Waals surface area contributed by atoms with E-state index in [-0.39, 0.29) is 11.7 Å². The SMILES string of the molecule is Cc1ccc(-n2cnnc2SCC(=O)Nc2cccc(-n3cnnn3)c2)cc1Cl. The van der Waals surface area contributed by atoms with E-state index in [4.69, 9.17) is 11.6 Å². The molecular formula is C18H15ClN8OS. The number of carbonyl (C=O) groups is 1. The first-order valence-corrected chi connectivity index (χ1v) is 9.89. The van der Waals surface area contributed by atoms with Gasteiger partial charge in [-0.25, -0.2) is 4.68 Å². The van der Waals surface area contributed by atoms with Crippen molar-refractivity contribution in [3.05, 3.63) is 65.7 Å². The highest BCUT2D eigenvalue weighted by molar-refractivity contribution is 7.99. The molecule has 0 aliphatic rings. The largest absolute Gasteiger partial charge is 0.325 e. The van der Waals surface area contributed by atoms with Gasteiger partial charge < -0.3 is 5.32 Å². The number of amides is 1. The van der Waals surface area contributed by atoms with Crippen LogP contribution in [0.3, 0.4) is 0 Å². The van der Waals surface area contributed by atoms with E-state index in [9.17, 15) is 4.79 Å². The van der Waals surface area contributed by atoms with Gasteiger partial charge in [-0.3, -0.25) is 9.36 Å². The second-order valence-electron chi connectivity index (χ2n) is 6.06. The van der Waals surface area contributed by atoms with Crippen molar-refractivity contribution < 1.29 is 4.79 Å². The maximum absolute atomic E-state index is 12.4. The van der Waals surface area contributed by atoms with Crippen LogP contribution in [0.2, 0.25) is 5.02 Å². The van der Waals surface area contributed by atoms with E-state index < -0.39 is 0 Å². The third-order valence-electron chi connectivity index (χ3n) is 4.03. The lowest BCUT2D eigenvalue weighted by Gasteiger charge is -2.09. The number of aromatic nitrogens is 7. The maximum Gasteiger partial charge on any atom is 0.234 e. The number of hydrogen-bond donors (Lipinski definition) is 1. The molecule has 0 spiro atoms. The molecule has 9 nitrogen and oxygen atoms in total. The summed E-state index contributed by atoms with van der Waals surface area (Å²) in [6.07, 6.45) is 3.08. The number of tetrazole rings is 1. The highest BCUT2D eigenvalue weighted by Crippen LogP contribution is 2.24. The number of anilines is 1. The Kier molecular flexibility index (Phi) is 5.54. The number of hydrogen-bond acceptors (Lipinski definition) is 7. The molecule has 0 atom stereocenters. The van der Waals surface area contributed by atoms with Crippen LogP contribution < -0.4 is 5.32 Å². The average molecular weight is 427 g/mol. The normalized spacial score (nSPS) is 10.8. The van der Waals surface area contributed by atoms with Crippen molar-refractivity contribution in [2.75, 3.05) is 11.1 Å². The Bertz CT molecular complexity index is 1140. The van der Waals surface area contributed by atoms with Gasteiger partial charge in [0.05, 0.1) is 17.1 Å². The Morgan fingerprint density at radius 3 is 2.83 bits per heavy atom. The Morgan fingerprint density at radius 2 is 2.03 bits per heavy atom. The van der Waals surface area contributed by atoms with Gasteiger partial charge in [-0.15, -0.1) is 15.3 Å². The van der Waals surface area contributed by atoms with Crippen LogP contribution in [-0.4, -0.2) is 46.6 Å². The predicted octanol–water partition coefficient (Wildman–Crippen LogP) is 2.94. The zero-order valence-corrected chi connectivity index (χ0v) is 16.8. The molecule has 0 bridgehead atoms. The molecule has 4 aromatic rings. The summed E-state index contributed by atoms with van der Waals surface area (Å²) in [5, 5.41) is 23.2. The third-order valence-corrected chi connectivity index (χ3v) is 5.38. The number of nitrogens with zero attached hydrogens (tertiary/aromatic N) is 7. The monoisotopic (exact) mass is 426 g/mol. The zero-order valence-electron chi connectivity index (χ0n) is 15.2. The molecule has 2 aromatic heterocycles. The zero-order chi connectivity index (χ0) is 20.2. The molecule has 0 radical (unpaired) electrons. The van der Waals surface area contributed by atoms with Gasteiger partial charge in [-0.05, 0) is 53.2 Å². The predicted molar refractivity (Wildman–Crippen MR) is 110 cm³/mol. The van der Waals surface area contributed by atoms with E-state index in [1.165, 1.54) is 22.8 Å². The van der Waals surface area contributed by atoms with Crippen molar-refractivity contribution in [1.82, 2.24) is 35.0 Å². The second-order valence-corrected chi connectivity index (χ2v) is 7.41. The van der Waals surface area contributed by atoms with E-state index >= 15 is 0 Å². The lowest BCUT2D eigenvalue weighted by atomic mass is 10.2. The number of aryl methyl sites for hydroxylation is 1. The van der Waals surface area contributed by atoms with Crippen LogP contribution in [0.15, 0.2) is 60.3 Å². The molecule has 0 fully saturated rings. The van der Waals surface area contributed by atoms with Gasteiger partial charge in [-0.1, -0.05) is 35.5 Å². The van der Waals surface area contributed by atoms with Gasteiger partial charge in [0.25, 0.3) is 0 Å². The van der Waals surface area contributed by atoms with Crippen molar-refractivity contribution in [2.45, 2.75) is 12.1 Å². The van der Waals surface area contributed by atoms with Crippen LogP contribution in [0.25, 0.3) is 11.4 Å². The number of benzene rings is 2. The van der Waals surface area contributed by atoms with Crippen molar-refractivity contribution in [3.63, 3.8) is 0 Å². The van der Waals surface area contributed by atoms with Crippen LogP contribution in [0.5, 0.6) is 0 Å². The Balaban J connectivity index is 1.42. The van der Waals surface area contributed by atoms with E-state index in [2.05, 4.69) is 31.0 Å². The number of nitrogens with one attached hydrogen (secondary N) is 1. The highest BCUT2D eigenvalue weighted by atomic mass is 35.5. The molecule has 11 heteroatoms. The molecule has 1 amide bonds. The minimum absolute atomic E-state index is 0.166. The summed E-state index contributed by atoms with van der Waals surface area (Å²) >= 11 is 7.50. The molecule has 4 rings (SSSR count). The lowest BCUT2D eigenvalue weighted by Crippen LogP contribution is -2.14. The number of halogens is 1. The van der Waals surface area contributed by atoms with E-state index in [1.807, 2.05) is 37.3 Å². The van der Waals surface area contributed by atoms with Crippen LogP contribution in [0.1, 0.15) is 5.56 Å². The van der Waals surface area contributed by atoms with Crippen molar-refractivity contribution >= 4 is 35.0 Å². The van der Waals surface area contributed by atoms with Gasteiger partial charge in [-0.2, -0.15) is 0 Å². The minimum atomic E-state index is -0.166. The summed E-state index contributed by atoms with van der Waals surface area (Å²) in [7, 11) is 0. The highest BCUT2D eigenvalue weighted by Gasteiger charge is 2.12. The summed E-state index contributed by atoms with van der Waals surface area (Å²) < 4.78 is 3.31. The lowest BCUT2D eigenvalue weighted by molar-refractivity contribution is -0.113. The molecule has 0 saturated heterocycles. The number of carbonyl (C=O) groups excluding carboxylic acids is 1. The first-order chi connectivity index (χ1) is 14.1. The summed E-state index contributed by atoms with van der Waals surface area (Å²) in [4.78, 5) is 12.4. The third kappa shape index (κ3) is 4.44. The molecule has 29 heavy (non-hydrogen) atoms. The fourth-order valence-electron chi connectivity index (χ4n) is 2.56. The van der Waals surface area contributed by atoms with Gasteiger partial charge in [0.15, 0.2) is 5.16 Å². The molecule has 0 aliphatic heterocycles. The van der Waals surface area contributed by atoms with Crippen LogP contribution in [0.4, 0.5) is 5.69 Å². The van der Waals surface area contributed by atoms with E-state index in [0.29, 0.717) is 15.9 Å². The van der Waals surface area contributed by atoms with Crippen LogP contribution >= 0.6 is 23.4 Å². The number of rotatable bonds is 6. The van der Waals surface area contributed by atoms with Gasteiger partial charge >= 0.3 is 0 Å². The standard InChI is InChI=1S/C18H15ClN8OS/c1-12-5-6-14(8-16(12)19)26-10-20-23-18(26)29-9-17(28)22-13-3-2-4-15(7-13)27-11-21-24-25-27/h2-8,10-11H,9H2,1H3,(H,22,28). The first kappa shape index (κ1) is 19.1. The molecule has 0 aliphatic carbocycles. The summed E-state index contributed by atoms with van der Waals surface area (Å²) in [5.74, 6) is 0.00766. The van der Waals surface area contributed by atoms with E-state index in [1.54, 1.807) is 23.0 Å². The van der Waals surface area contributed by atoms with Gasteiger partial charge in [0.1, 0.15) is 12.7 Å². The minimum Gasteiger partial charge on any atom is -0.325 e. The maximum atomic E-state index is 12.4. The summed E-state index contributed by atoms with van der Waals surface area (Å²) in [5.41, 5.74) is 3.22. The smallest absolute Gasteiger partial charge is 0.234 e. The topological polar surface area (TPSA) is 103 Å². The molecule has 1 N–H and O–H groups in total. The molecule has 0 saturated carbocycles. The van der Waals surface area contributed by atoms with Gasteiger partial charge in [0, 0.05) is 10.7 Å². The van der Waals surface area contributed by atoms with Crippen molar-refractivity contribution in [2.24, 2.45) is 0 Å². The second kappa shape index (κ2) is 8.41. The molecular weight excluding hydrogens is 412 g/mol. The van der Waals surface area contributed by atoms with Crippen molar-refractivity contribution in [3.8, 4) is 11.4 Å². The fraction of sp³-hybridized carbons (Fsp3) is 0.111.